The van der Waals surface area contributed by atoms with Gasteiger partial charge in [-0.2, -0.15) is 0 Å². The highest BCUT2D eigenvalue weighted by molar-refractivity contribution is 14.1. The molecule has 14 nitrogen and oxygen atoms in total. The number of methoxy groups -OCH3 is 2. The van der Waals surface area contributed by atoms with Crippen LogP contribution in [0.3, 0.4) is 0 Å². The van der Waals surface area contributed by atoms with Crippen LogP contribution in [-0.2, 0) is 44.9 Å². The van der Waals surface area contributed by atoms with Gasteiger partial charge in [-0.05, 0) is 20.0 Å². The lowest BCUT2D eigenvalue weighted by atomic mass is 10.3. The lowest BCUT2D eigenvalue weighted by molar-refractivity contribution is -0.196. The zero-order valence-electron chi connectivity index (χ0n) is 23.9. The maximum Gasteiger partial charge on any atom is 0.344 e. The summed E-state index contributed by atoms with van der Waals surface area (Å²) in [5, 5.41) is 0. The van der Waals surface area contributed by atoms with Gasteiger partial charge in [0.2, 0.25) is 0 Å². The smallest absolute Gasteiger partial charge is 0.344 e. The molecule has 0 aliphatic rings. The first-order valence-corrected chi connectivity index (χ1v) is 14.9. The van der Waals surface area contributed by atoms with Gasteiger partial charge in [0.25, 0.3) is 0 Å². The third-order valence-electron chi connectivity index (χ3n) is 6.10. The van der Waals surface area contributed by atoms with E-state index in [4.69, 9.17) is 9.47 Å². The molecule has 16 heteroatoms. The fraction of sp³-hybridized carbons (Fsp3) is 0.833. The third kappa shape index (κ3) is 21.8. The van der Waals surface area contributed by atoms with Gasteiger partial charge in [-0.25, -0.2) is 9.59 Å². The van der Waals surface area contributed by atoms with Gasteiger partial charge in [0, 0.05) is 65.4 Å². The molecule has 0 saturated heterocycles. The van der Waals surface area contributed by atoms with Crippen molar-refractivity contribution in [1.29, 1.82) is 0 Å². The van der Waals surface area contributed by atoms with Gasteiger partial charge in [-0.1, -0.05) is 6.92 Å². The number of likely N-dealkylation sites (N-methyl/N-ethyl adjacent to an activating group) is 1. The minimum atomic E-state index is -0.492. The number of rotatable bonds is 25. The first kappa shape index (κ1) is 39.1. The first-order valence-electron chi connectivity index (χ1n) is 13.1. The zero-order chi connectivity index (χ0) is 30.2. The summed E-state index contributed by atoms with van der Waals surface area (Å²) >= 11 is 2.96. The molecular weight excluding hydrogens is 758 g/mol. The Kier molecular flexibility index (Phi) is 25.2. The Balaban J connectivity index is 4.83. The van der Waals surface area contributed by atoms with Crippen molar-refractivity contribution in [2.45, 2.75) is 39.0 Å². The van der Waals surface area contributed by atoms with Crippen molar-refractivity contribution in [3.05, 3.63) is 0 Å². The molecule has 0 atom stereocenters. The maximum atomic E-state index is 11.7. The Bertz CT molecular complexity index is 681. The first-order chi connectivity index (χ1) is 19.2. The number of nitrogens with zero attached hydrogens (tertiary/aromatic N) is 4. The van der Waals surface area contributed by atoms with E-state index >= 15 is 0 Å². The number of carbonyl (C=O) groups excluding carboxylic acids is 4. The Morgan fingerprint density at radius 1 is 0.525 bits per heavy atom. The summed E-state index contributed by atoms with van der Waals surface area (Å²) in [5.74, 6) is -1.55. The lowest BCUT2D eigenvalue weighted by Gasteiger charge is -2.29. The van der Waals surface area contributed by atoms with E-state index in [1.54, 1.807) is 0 Å². The van der Waals surface area contributed by atoms with Crippen LogP contribution < -0.4 is 0 Å². The zero-order valence-corrected chi connectivity index (χ0v) is 28.3. The van der Waals surface area contributed by atoms with Crippen LogP contribution in [-0.4, -0.2) is 137 Å². The van der Waals surface area contributed by atoms with Crippen LogP contribution >= 0.6 is 46.0 Å². The molecule has 0 aliphatic heterocycles. The van der Waals surface area contributed by atoms with Gasteiger partial charge in [0.15, 0.2) is 46.0 Å². The molecule has 0 heterocycles. The normalized spacial score (nSPS) is 11.3. The number of ether oxygens (including phenoxy) is 2. The molecule has 0 aromatic carbocycles. The highest BCUT2D eigenvalue weighted by Crippen LogP contribution is 2.03. The second kappa shape index (κ2) is 25.8. The van der Waals surface area contributed by atoms with Gasteiger partial charge in [-0.3, -0.25) is 19.4 Å². The van der Waals surface area contributed by atoms with Crippen molar-refractivity contribution in [3.63, 3.8) is 0 Å². The third-order valence-corrected chi connectivity index (χ3v) is 6.46. The fourth-order valence-corrected chi connectivity index (χ4v) is 4.10. The van der Waals surface area contributed by atoms with Gasteiger partial charge in [0.1, 0.15) is 0 Å². The number of hydrogen-bond donors (Lipinski definition) is 0. The van der Waals surface area contributed by atoms with Crippen LogP contribution in [0.2, 0.25) is 0 Å². The Hall–Kier alpha value is -0.900. The van der Waals surface area contributed by atoms with E-state index in [9.17, 15) is 19.2 Å². The molecule has 0 spiro atoms. The molecule has 234 valence electrons. The second-order valence-electron chi connectivity index (χ2n) is 9.02. The highest BCUT2D eigenvalue weighted by Gasteiger charge is 2.16. The number of carbonyl (C=O) groups is 4. The van der Waals surface area contributed by atoms with Crippen molar-refractivity contribution in [2.24, 2.45) is 0 Å². The van der Waals surface area contributed by atoms with Crippen molar-refractivity contribution >= 4 is 69.9 Å². The minimum absolute atomic E-state index is 0.122. The van der Waals surface area contributed by atoms with E-state index in [2.05, 4.69) is 37.8 Å². The molecule has 0 amide bonds. The lowest BCUT2D eigenvalue weighted by Crippen LogP contribution is -2.42. The minimum Gasteiger partial charge on any atom is -0.469 e. The molecule has 0 fully saturated rings. The van der Waals surface area contributed by atoms with E-state index in [-0.39, 0.29) is 37.6 Å². The van der Waals surface area contributed by atoms with Crippen molar-refractivity contribution < 1.29 is 44.9 Å². The molecular formula is C24H44I2N4O10. The second-order valence-corrected chi connectivity index (χ2v) is 9.74. The average Bonchev–Trinajstić information content (AvgIpc) is 2.94. The molecule has 40 heavy (non-hydrogen) atoms. The maximum absolute atomic E-state index is 11.7. The van der Waals surface area contributed by atoms with E-state index < -0.39 is 11.9 Å². The van der Waals surface area contributed by atoms with Gasteiger partial charge in [0.05, 0.1) is 39.9 Å². The molecule has 0 aromatic rings. The molecule has 0 aliphatic carbocycles. The SMILES string of the molecule is CCCN(CCN(C)CCN(CCC(=O)OOI)CCC(=O)OOI)CCN(CCC(=O)OC)CCC(=O)OC. The molecule has 0 rings (SSSR count). The molecule has 0 radical (unpaired) electrons. The summed E-state index contributed by atoms with van der Waals surface area (Å²) in [6.45, 7) is 9.38. The Morgan fingerprint density at radius 2 is 0.850 bits per heavy atom. The molecule has 0 aromatic heterocycles. The van der Waals surface area contributed by atoms with E-state index in [1.165, 1.54) is 60.2 Å². The monoisotopic (exact) mass is 802 g/mol. The van der Waals surface area contributed by atoms with Crippen molar-refractivity contribution in [3.8, 4) is 0 Å². The van der Waals surface area contributed by atoms with Gasteiger partial charge >= 0.3 is 23.9 Å². The molecule has 0 bridgehead atoms. The molecule has 0 saturated carbocycles. The standard InChI is InChI=1S/C24H44I2N4O10/c1-5-10-28(19-20-30(11-6-21(31)35-3)12-7-22(32)36-4)17-15-27(2)16-18-29(13-8-23(33)37-39-25)14-9-24(34)38-40-26/h5-20H2,1-4H3. The largest absolute Gasteiger partial charge is 0.469 e. The van der Waals surface area contributed by atoms with Crippen LogP contribution in [0.1, 0.15) is 39.0 Å². The van der Waals surface area contributed by atoms with Crippen molar-refractivity contribution in [2.75, 3.05) is 93.3 Å². The summed E-state index contributed by atoms with van der Waals surface area (Å²) in [6, 6.07) is 0. The summed E-state index contributed by atoms with van der Waals surface area (Å²) in [5.41, 5.74) is 0. The van der Waals surface area contributed by atoms with Crippen LogP contribution in [0, 0.1) is 0 Å². The summed E-state index contributed by atoms with van der Waals surface area (Å²) in [4.78, 5) is 64.3. The number of halogens is 2. The van der Waals surface area contributed by atoms with E-state index in [1.807, 2.05) is 11.9 Å². The molecule has 0 unspecified atom stereocenters. The van der Waals surface area contributed by atoms with E-state index in [0.717, 1.165) is 39.1 Å². The quantitative estimate of drug-likeness (QED) is 0.0575. The summed E-state index contributed by atoms with van der Waals surface area (Å²) in [7, 11) is 4.76. The van der Waals surface area contributed by atoms with Crippen LogP contribution in [0.5, 0.6) is 0 Å². The predicted molar refractivity (Wildman–Crippen MR) is 162 cm³/mol. The number of hydrogen-bond acceptors (Lipinski definition) is 14. The van der Waals surface area contributed by atoms with Gasteiger partial charge in [-0.15, -0.1) is 6.43 Å². The fourth-order valence-electron chi connectivity index (χ4n) is 3.70. The van der Waals surface area contributed by atoms with Crippen LogP contribution in [0.15, 0.2) is 0 Å². The van der Waals surface area contributed by atoms with Crippen LogP contribution in [0.25, 0.3) is 0 Å². The summed E-state index contributed by atoms with van der Waals surface area (Å²) in [6.07, 6.45) is 1.76. The average molecular weight is 802 g/mol. The van der Waals surface area contributed by atoms with E-state index in [0.29, 0.717) is 39.3 Å². The van der Waals surface area contributed by atoms with Crippen molar-refractivity contribution in [1.82, 2.24) is 19.6 Å². The molecule has 0 N–H and O–H groups in total. The van der Waals surface area contributed by atoms with Gasteiger partial charge < -0.3 is 29.1 Å². The number of esters is 2. The summed E-state index contributed by atoms with van der Waals surface area (Å²) < 4.78 is 18.3. The predicted octanol–water partition coefficient (Wildman–Crippen LogP) is 1.79. The highest BCUT2D eigenvalue weighted by atomic mass is 127. The Morgan fingerprint density at radius 3 is 1.18 bits per heavy atom. The topological polar surface area (TPSA) is 137 Å². The van der Waals surface area contributed by atoms with Crippen LogP contribution in [0.4, 0.5) is 0 Å². The Labute approximate surface area is 265 Å².